The fourth-order valence-electron chi connectivity index (χ4n) is 3.21. The van der Waals surface area contributed by atoms with Crippen molar-refractivity contribution in [3.63, 3.8) is 0 Å². The predicted octanol–water partition coefficient (Wildman–Crippen LogP) is 2.66. The molecule has 0 saturated heterocycles. The molecular formula is C18H25N5O4. The Morgan fingerprint density at radius 2 is 2.19 bits per heavy atom. The maximum Gasteiger partial charge on any atom is 0.407 e. The molecule has 0 bridgehead atoms. The molecule has 2 amide bonds. The molecule has 0 aliphatic heterocycles. The molecule has 2 aromatic heterocycles. The number of carbonyl (C=O) groups is 2. The number of amides is 2. The summed E-state index contributed by atoms with van der Waals surface area (Å²) < 4.78 is 10.4. The molecule has 9 heteroatoms. The third kappa shape index (κ3) is 5.32. The van der Waals surface area contributed by atoms with Crippen LogP contribution in [0.15, 0.2) is 16.7 Å². The van der Waals surface area contributed by atoms with E-state index in [1.54, 1.807) is 13.0 Å². The Labute approximate surface area is 157 Å². The average molecular weight is 375 g/mol. The van der Waals surface area contributed by atoms with Crippen LogP contribution >= 0.6 is 0 Å². The highest BCUT2D eigenvalue weighted by molar-refractivity contribution is 5.91. The topological polar surface area (TPSA) is 122 Å². The van der Waals surface area contributed by atoms with Crippen molar-refractivity contribution < 1.29 is 18.8 Å². The molecule has 0 unspecified atom stereocenters. The number of aromatic amines is 1. The quantitative estimate of drug-likeness (QED) is 0.713. The predicted molar refractivity (Wildman–Crippen MR) is 97.3 cm³/mol. The van der Waals surface area contributed by atoms with Gasteiger partial charge in [0, 0.05) is 29.8 Å². The third-order valence-electron chi connectivity index (χ3n) is 4.39. The first-order valence-electron chi connectivity index (χ1n) is 9.13. The lowest BCUT2D eigenvalue weighted by atomic mass is 10.0. The summed E-state index contributed by atoms with van der Waals surface area (Å²) in [5.74, 6) is 1.15. The van der Waals surface area contributed by atoms with Crippen molar-refractivity contribution >= 4 is 17.8 Å². The summed E-state index contributed by atoms with van der Waals surface area (Å²) in [7, 11) is 0. The molecular weight excluding hydrogens is 350 g/mol. The molecule has 146 valence electrons. The molecule has 1 aliphatic carbocycles. The highest BCUT2D eigenvalue weighted by atomic mass is 16.6. The van der Waals surface area contributed by atoms with E-state index in [4.69, 9.17) is 9.26 Å². The molecule has 2 atom stereocenters. The van der Waals surface area contributed by atoms with Gasteiger partial charge in [-0.3, -0.25) is 9.89 Å². The third-order valence-corrected chi connectivity index (χ3v) is 4.39. The molecule has 3 N–H and O–H groups in total. The molecule has 2 aromatic rings. The van der Waals surface area contributed by atoms with Crippen LogP contribution in [0.1, 0.15) is 56.2 Å². The number of carbonyl (C=O) groups excluding carboxylic acids is 2. The van der Waals surface area contributed by atoms with Gasteiger partial charge >= 0.3 is 6.09 Å². The van der Waals surface area contributed by atoms with E-state index in [2.05, 4.69) is 26.0 Å². The Balaban J connectivity index is 1.49. The number of nitrogens with zero attached hydrogens (tertiary/aromatic N) is 2. The van der Waals surface area contributed by atoms with Gasteiger partial charge in [-0.25, -0.2) is 4.79 Å². The number of aromatic nitrogens is 3. The molecule has 2 heterocycles. The fourth-order valence-corrected chi connectivity index (χ4v) is 3.21. The second kappa shape index (κ2) is 8.24. The number of alkyl carbamates (subject to hydrolysis) is 1. The van der Waals surface area contributed by atoms with Crippen molar-refractivity contribution in [3.05, 3.63) is 29.3 Å². The summed E-state index contributed by atoms with van der Waals surface area (Å²) >= 11 is 0. The number of rotatable bonds is 6. The van der Waals surface area contributed by atoms with E-state index in [0.717, 1.165) is 25.0 Å². The van der Waals surface area contributed by atoms with Gasteiger partial charge in [-0.05, 0) is 40.0 Å². The largest absolute Gasteiger partial charge is 0.446 e. The summed E-state index contributed by atoms with van der Waals surface area (Å²) in [5, 5.41) is 16.4. The molecule has 0 radical (unpaired) electrons. The highest BCUT2D eigenvalue weighted by Gasteiger charge is 2.30. The minimum atomic E-state index is -0.378. The van der Waals surface area contributed by atoms with Gasteiger partial charge in [0.1, 0.15) is 11.9 Å². The van der Waals surface area contributed by atoms with Crippen LogP contribution in [-0.2, 0) is 16.0 Å². The van der Waals surface area contributed by atoms with E-state index in [1.807, 2.05) is 19.9 Å². The lowest BCUT2D eigenvalue weighted by Crippen LogP contribution is -2.33. The van der Waals surface area contributed by atoms with Gasteiger partial charge in [-0.15, -0.1) is 0 Å². The molecule has 1 fully saturated rings. The molecule has 0 spiro atoms. The molecule has 27 heavy (non-hydrogen) atoms. The van der Waals surface area contributed by atoms with Crippen LogP contribution in [0, 0.1) is 6.92 Å². The zero-order valence-corrected chi connectivity index (χ0v) is 15.7. The number of anilines is 1. The van der Waals surface area contributed by atoms with Gasteiger partial charge in [0.2, 0.25) is 5.91 Å². The maximum absolute atomic E-state index is 12.1. The van der Waals surface area contributed by atoms with Gasteiger partial charge < -0.3 is 19.9 Å². The Bertz CT molecular complexity index is 797. The minimum absolute atomic E-state index is 0.0506. The molecule has 3 rings (SSSR count). The van der Waals surface area contributed by atoms with Gasteiger partial charge in [0.05, 0.1) is 12.1 Å². The first kappa shape index (κ1) is 18.9. The van der Waals surface area contributed by atoms with Gasteiger partial charge in [0.25, 0.3) is 0 Å². The van der Waals surface area contributed by atoms with Crippen LogP contribution in [0.5, 0.6) is 0 Å². The van der Waals surface area contributed by atoms with E-state index >= 15 is 0 Å². The lowest BCUT2D eigenvalue weighted by molar-refractivity contribution is -0.115. The second-order valence-corrected chi connectivity index (χ2v) is 7.20. The van der Waals surface area contributed by atoms with Crippen molar-refractivity contribution in [2.45, 2.75) is 64.5 Å². The Hall–Kier alpha value is -2.84. The van der Waals surface area contributed by atoms with Gasteiger partial charge in [-0.1, -0.05) is 5.16 Å². The zero-order chi connectivity index (χ0) is 19.4. The molecule has 9 nitrogen and oxygen atoms in total. The lowest BCUT2D eigenvalue weighted by Gasteiger charge is -2.14. The van der Waals surface area contributed by atoms with Crippen molar-refractivity contribution in [3.8, 4) is 0 Å². The van der Waals surface area contributed by atoms with E-state index < -0.39 is 0 Å². The van der Waals surface area contributed by atoms with E-state index in [0.29, 0.717) is 17.3 Å². The van der Waals surface area contributed by atoms with Crippen molar-refractivity contribution in [1.29, 1.82) is 0 Å². The summed E-state index contributed by atoms with van der Waals surface area (Å²) in [5.41, 5.74) is 1.51. The number of hydrogen-bond donors (Lipinski definition) is 3. The standard InChI is InChI=1S/C18H25N5O4/c1-10(2)19-18(25)26-14-5-4-12(7-14)15-9-16(22-21-15)20-17(24)8-13-6-11(3)27-23-13/h6,9-10,12,14H,4-5,7-8H2,1-3H3,(H,19,25)(H2,20,21,22,24)/t12-,14+/m0/s1. The first-order valence-corrected chi connectivity index (χ1v) is 9.13. The van der Waals surface area contributed by atoms with Crippen LogP contribution in [0.3, 0.4) is 0 Å². The zero-order valence-electron chi connectivity index (χ0n) is 15.7. The van der Waals surface area contributed by atoms with Crippen molar-refractivity contribution in [2.24, 2.45) is 0 Å². The smallest absolute Gasteiger partial charge is 0.407 e. The first-order chi connectivity index (χ1) is 12.9. The van der Waals surface area contributed by atoms with Crippen LogP contribution in [0.25, 0.3) is 0 Å². The Morgan fingerprint density at radius 1 is 1.37 bits per heavy atom. The number of aryl methyl sites for hydroxylation is 1. The van der Waals surface area contributed by atoms with E-state index in [-0.39, 0.29) is 36.5 Å². The molecule has 0 aromatic carbocycles. The monoisotopic (exact) mass is 375 g/mol. The normalized spacial score (nSPS) is 19.3. The average Bonchev–Trinajstić information content (AvgIpc) is 3.28. The van der Waals surface area contributed by atoms with Crippen molar-refractivity contribution in [2.75, 3.05) is 5.32 Å². The summed E-state index contributed by atoms with van der Waals surface area (Å²) in [6.45, 7) is 5.56. The second-order valence-electron chi connectivity index (χ2n) is 7.20. The van der Waals surface area contributed by atoms with Gasteiger partial charge in [0.15, 0.2) is 5.82 Å². The van der Waals surface area contributed by atoms with Crippen LogP contribution in [-0.4, -0.2) is 39.5 Å². The number of hydrogen-bond acceptors (Lipinski definition) is 6. The van der Waals surface area contributed by atoms with Crippen molar-refractivity contribution in [1.82, 2.24) is 20.7 Å². The fraction of sp³-hybridized carbons (Fsp3) is 0.556. The van der Waals surface area contributed by atoms with E-state index in [9.17, 15) is 9.59 Å². The summed E-state index contributed by atoms with van der Waals surface area (Å²) in [4.78, 5) is 23.8. The number of H-pyrrole nitrogens is 1. The number of ether oxygens (including phenoxy) is 1. The van der Waals surface area contributed by atoms with E-state index in [1.165, 1.54) is 0 Å². The minimum Gasteiger partial charge on any atom is -0.446 e. The molecule has 1 saturated carbocycles. The maximum atomic E-state index is 12.1. The molecule has 1 aliphatic rings. The number of nitrogens with one attached hydrogen (secondary N) is 3. The van der Waals surface area contributed by atoms with Crippen LogP contribution in [0.4, 0.5) is 10.6 Å². The van der Waals surface area contributed by atoms with Crippen LogP contribution in [0.2, 0.25) is 0 Å². The Morgan fingerprint density at radius 3 is 2.89 bits per heavy atom. The summed E-state index contributed by atoms with van der Waals surface area (Å²) in [6.07, 6.45) is 2.08. The van der Waals surface area contributed by atoms with Gasteiger partial charge in [-0.2, -0.15) is 5.10 Å². The Kier molecular flexibility index (Phi) is 5.78. The highest BCUT2D eigenvalue weighted by Crippen LogP contribution is 2.35. The summed E-state index contributed by atoms with van der Waals surface area (Å²) in [6, 6.07) is 3.60. The SMILES string of the molecule is Cc1cc(CC(=O)Nc2cc([C@H]3CC[C@@H](OC(=O)NC(C)C)C3)[nH]n2)no1. The van der Waals surface area contributed by atoms with Crippen LogP contribution < -0.4 is 10.6 Å².